The van der Waals surface area contributed by atoms with Crippen molar-refractivity contribution in [2.45, 2.75) is 252 Å². The number of ether oxygens (including phenoxy) is 3. The lowest BCUT2D eigenvalue weighted by Crippen LogP contribution is -2.30. The normalized spacial score (nSPS) is 12.5. The first-order chi connectivity index (χ1) is 29.5. The molecule has 0 aromatic rings. The van der Waals surface area contributed by atoms with E-state index >= 15 is 0 Å². The van der Waals surface area contributed by atoms with E-state index in [1.807, 2.05) is 0 Å². The van der Waals surface area contributed by atoms with Crippen molar-refractivity contribution in [2.75, 3.05) is 13.2 Å². The third-order valence-electron chi connectivity index (χ3n) is 10.8. The van der Waals surface area contributed by atoms with Crippen molar-refractivity contribution in [3.63, 3.8) is 0 Å². The SMILES string of the molecule is CC/C=C\C/C=C\C/C=C\C/C=C\CCCCCCCCCCCCC(=O)OCC(COC(=O)CCCCCCCCCC)OC(=O)CCCCCCC/C=C\CCCC. The second-order valence-electron chi connectivity index (χ2n) is 16.7. The highest BCUT2D eigenvalue weighted by Crippen LogP contribution is 2.15. The summed E-state index contributed by atoms with van der Waals surface area (Å²) in [5, 5.41) is 0. The number of unbranched alkanes of at least 4 members (excludes halogenated alkanes) is 24. The molecule has 0 N–H and O–H groups in total. The number of hydrogen-bond donors (Lipinski definition) is 0. The largest absolute Gasteiger partial charge is 0.462 e. The van der Waals surface area contributed by atoms with Gasteiger partial charge in [0, 0.05) is 19.3 Å². The highest BCUT2D eigenvalue weighted by Gasteiger charge is 2.19. The number of rotatable bonds is 45. The Morgan fingerprint density at radius 2 is 0.667 bits per heavy atom. The first-order valence-corrected chi connectivity index (χ1v) is 25.3. The Balaban J connectivity index is 4.20. The van der Waals surface area contributed by atoms with Crippen molar-refractivity contribution in [2.24, 2.45) is 0 Å². The van der Waals surface area contributed by atoms with Gasteiger partial charge in [0.05, 0.1) is 0 Å². The standard InChI is InChI=1S/C54H94O6/c1-4-7-10-13-16-19-21-22-23-24-25-26-27-28-29-30-31-32-34-35-38-41-44-47-53(56)59-50-51(49-58-52(55)46-43-40-37-18-15-12-9-6-3)60-54(57)48-45-42-39-36-33-20-17-14-11-8-5-2/h7,10,14,16-17,19,22-23,25-26,51H,4-6,8-9,11-13,15,18,20-21,24,27-50H2,1-3H3/b10-7-,17-14-,19-16-,23-22-,26-25-. The van der Waals surface area contributed by atoms with Gasteiger partial charge in [0.1, 0.15) is 13.2 Å². The monoisotopic (exact) mass is 839 g/mol. The number of hydrogen-bond acceptors (Lipinski definition) is 6. The topological polar surface area (TPSA) is 78.9 Å². The maximum atomic E-state index is 12.7. The third kappa shape index (κ3) is 46.2. The lowest BCUT2D eigenvalue weighted by Gasteiger charge is -2.18. The molecule has 0 spiro atoms. The van der Waals surface area contributed by atoms with Gasteiger partial charge in [-0.05, 0) is 77.0 Å². The van der Waals surface area contributed by atoms with Crippen LogP contribution in [-0.4, -0.2) is 37.2 Å². The van der Waals surface area contributed by atoms with Crippen LogP contribution in [0.1, 0.15) is 245 Å². The van der Waals surface area contributed by atoms with E-state index in [4.69, 9.17) is 14.2 Å². The molecule has 0 aromatic heterocycles. The van der Waals surface area contributed by atoms with E-state index in [2.05, 4.69) is 81.5 Å². The van der Waals surface area contributed by atoms with E-state index in [0.29, 0.717) is 19.3 Å². The molecule has 0 aromatic carbocycles. The summed E-state index contributed by atoms with van der Waals surface area (Å²) in [6, 6.07) is 0. The molecule has 0 aliphatic carbocycles. The molecule has 0 heterocycles. The lowest BCUT2D eigenvalue weighted by molar-refractivity contribution is -0.167. The van der Waals surface area contributed by atoms with Crippen molar-refractivity contribution < 1.29 is 28.6 Å². The Morgan fingerprint density at radius 1 is 0.350 bits per heavy atom. The molecular weight excluding hydrogens is 745 g/mol. The molecule has 0 amide bonds. The molecule has 60 heavy (non-hydrogen) atoms. The zero-order valence-electron chi connectivity index (χ0n) is 39.5. The van der Waals surface area contributed by atoms with Crippen LogP contribution in [0.4, 0.5) is 0 Å². The molecule has 1 unspecified atom stereocenters. The summed E-state index contributed by atoms with van der Waals surface area (Å²) < 4.78 is 16.7. The maximum Gasteiger partial charge on any atom is 0.306 e. The van der Waals surface area contributed by atoms with Crippen LogP contribution in [0.3, 0.4) is 0 Å². The van der Waals surface area contributed by atoms with Crippen LogP contribution in [0.25, 0.3) is 0 Å². The average Bonchev–Trinajstić information content (AvgIpc) is 3.24. The summed E-state index contributed by atoms with van der Waals surface area (Å²) in [6.45, 7) is 6.45. The van der Waals surface area contributed by atoms with Gasteiger partial charge in [-0.1, -0.05) is 210 Å². The quantitative estimate of drug-likeness (QED) is 0.0263. The average molecular weight is 839 g/mol. The fourth-order valence-electron chi connectivity index (χ4n) is 6.94. The summed E-state index contributed by atoms with van der Waals surface area (Å²) in [4.78, 5) is 37.7. The van der Waals surface area contributed by atoms with Gasteiger partial charge < -0.3 is 14.2 Å². The number of carbonyl (C=O) groups is 3. The van der Waals surface area contributed by atoms with Crippen molar-refractivity contribution in [1.29, 1.82) is 0 Å². The van der Waals surface area contributed by atoms with Crippen molar-refractivity contribution in [1.82, 2.24) is 0 Å². The summed E-state index contributed by atoms with van der Waals surface area (Å²) in [5.41, 5.74) is 0. The number of allylic oxidation sites excluding steroid dienone is 10. The Bertz CT molecular complexity index is 1100. The van der Waals surface area contributed by atoms with Crippen LogP contribution in [0.2, 0.25) is 0 Å². The fraction of sp³-hybridized carbons (Fsp3) is 0.759. The molecule has 0 aliphatic heterocycles. The summed E-state index contributed by atoms with van der Waals surface area (Å²) in [7, 11) is 0. The van der Waals surface area contributed by atoms with Crippen LogP contribution in [0.15, 0.2) is 60.8 Å². The van der Waals surface area contributed by atoms with E-state index in [1.165, 1.54) is 109 Å². The molecule has 346 valence electrons. The second kappa shape index (κ2) is 48.8. The summed E-state index contributed by atoms with van der Waals surface area (Å²) in [6.07, 6.45) is 59.3. The molecule has 0 radical (unpaired) electrons. The van der Waals surface area contributed by atoms with Crippen LogP contribution < -0.4 is 0 Å². The molecule has 0 bridgehead atoms. The van der Waals surface area contributed by atoms with Crippen molar-refractivity contribution in [3.8, 4) is 0 Å². The molecule has 0 saturated heterocycles. The van der Waals surface area contributed by atoms with Crippen molar-refractivity contribution in [3.05, 3.63) is 60.8 Å². The highest BCUT2D eigenvalue weighted by molar-refractivity contribution is 5.71. The minimum atomic E-state index is -0.775. The molecular formula is C54H94O6. The van der Waals surface area contributed by atoms with E-state index in [1.54, 1.807) is 0 Å². The first-order valence-electron chi connectivity index (χ1n) is 25.3. The van der Waals surface area contributed by atoms with Gasteiger partial charge in [-0.15, -0.1) is 0 Å². The van der Waals surface area contributed by atoms with Crippen LogP contribution in [0.5, 0.6) is 0 Å². The van der Waals surface area contributed by atoms with Gasteiger partial charge in [0.15, 0.2) is 6.10 Å². The van der Waals surface area contributed by atoms with Gasteiger partial charge in [-0.3, -0.25) is 14.4 Å². The molecule has 6 heteroatoms. The zero-order valence-corrected chi connectivity index (χ0v) is 39.5. The minimum absolute atomic E-state index is 0.0774. The zero-order chi connectivity index (χ0) is 43.7. The van der Waals surface area contributed by atoms with E-state index in [-0.39, 0.29) is 31.1 Å². The summed E-state index contributed by atoms with van der Waals surface area (Å²) >= 11 is 0. The first kappa shape index (κ1) is 57.1. The van der Waals surface area contributed by atoms with Gasteiger partial charge in [-0.2, -0.15) is 0 Å². The number of esters is 3. The Morgan fingerprint density at radius 3 is 1.08 bits per heavy atom. The molecule has 0 rings (SSSR count). The van der Waals surface area contributed by atoms with Crippen LogP contribution >= 0.6 is 0 Å². The predicted octanol–water partition coefficient (Wildman–Crippen LogP) is 16.5. The molecule has 0 fully saturated rings. The predicted molar refractivity (Wildman–Crippen MR) is 256 cm³/mol. The lowest BCUT2D eigenvalue weighted by atomic mass is 10.1. The van der Waals surface area contributed by atoms with E-state index in [0.717, 1.165) is 96.3 Å². The fourth-order valence-corrected chi connectivity index (χ4v) is 6.94. The number of carbonyl (C=O) groups excluding carboxylic acids is 3. The smallest absolute Gasteiger partial charge is 0.306 e. The third-order valence-corrected chi connectivity index (χ3v) is 10.8. The van der Waals surface area contributed by atoms with Gasteiger partial charge in [0.2, 0.25) is 0 Å². The van der Waals surface area contributed by atoms with Gasteiger partial charge in [0.25, 0.3) is 0 Å². The van der Waals surface area contributed by atoms with Gasteiger partial charge in [-0.25, -0.2) is 0 Å². The molecule has 6 nitrogen and oxygen atoms in total. The maximum absolute atomic E-state index is 12.7. The second-order valence-corrected chi connectivity index (χ2v) is 16.7. The van der Waals surface area contributed by atoms with E-state index < -0.39 is 6.10 Å². The Kier molecular flexibility index (Phi) is 46.4. The van der Waals surface area contributed by atoms with Crippen LogP contribution in [-0.2, 0) is 28.6 Å². The summed E-state index contributed by atoms with van der Waals surface area (Å²) in [5.74, 6) is -0.895. The van der Waals surface area contributed by atoms with Crippen LogP contribution in [0, 0.1) is 0 Å². The molecule has 0 saturated carbocycles. The Labute approximate surface area is 370 Å². The highest BCUT2D eigenvalue weighted by atomic mass is 16.6. The van der Waals surface area contributed by atoms with Crippen molar-refractivity contribution >= 4 is 17.9 Å². The Hall–Kier alpha value is -2.89. The minimum Gasteiger partial charge on any atom is -0.462 e. The van der Waals surface area contributed by atoms with E-state index in [9.17, 15) is 14.4 Å². The molecule has 1 atom stereocenters. The van der Waals surface area contributed by atoms with Gasteiger partial charge >= 0.3 is 17.9 Å². The molecule has 0 aliphatic rings.